The van der Waals surface area contributed by atoms with Gasteiger partial charge in [0, 0.05) is 12.5 Å². The average Bonchev–Trinajstić information content (AvgIpc) is 1.87. The third-order valence-electron chi connectivity index (χ3n) is 1.37. The molecule has 0 heterocycles. The van der Waals surface area contributed by atoms with E-state index < -0.39 is 6.04 Å². The molecular formula is C7H15NO2. The quantitative estimate of drug-likeness (QED) is 0.581. The van der Waals surface area contributed by atoms with E-state index >= 15 is 0 Å². The van der Waals surface area contributed by atoms with Crippen LogP contribution in [0.1, 0.15) is 20.3 Å². The second-order valence-corrected chi connectivity index (χ2v) is 2.68. The molecule has 0 aromatic heterocycles. The standard InChI is InChI=1S/C7H15NO2/c1-5(2)7(10)6(8)3-4-9/h5-6,9H,3-4,8H2,1-2H3/t6-/m1/s1. The molecule has 0 spiro atoms. The lowest BCUT2D eigenvalue weighted by Gasteiger charge is -2.10. The molecule has 0 saturated heterocycles. The second-order valence-electron chi connectivity index (χ2n) is 2.68. The van der Waals surface area contributed by atoms with Crippen LogP contribution in [0.15, 0.2) is 0 Å². The van der Waals surface area contributed by atoms with Crippen molar-refractivity contribution in [3.63, 3.8) is 0 Å². The van der Waals surface area contributed by atoms with E-state index in [1.165, 1.54) is 0 Å². The Morgan fingerprint density at radius 3 is 2.40 bits per heavy atom. The minimum atomic E-state index is -0.481. The Bertz CT molecular complexity index is 112. The van der Waals surface area contributed by atoms with Crippen molar-refractivity contribution in [1.29, 1.82) is 0 Å². The molecule has 0 aliphatic rings. The van der Waals surface area contributed by atoms with Crippen molar-refractivity contribution in [3.8, 4) is 0 Å². The van der Waals surface area contributed by atoms with E-state index in [1.54, 1.807) is 13.8 Å². The first kappa shape index (κ1) is 9.59. The van der Waals surface area contributed by atoms with Gasteiger partial charge in [-0.3, -0.25) is 4.79 Å². The van der Waals surface area contributed by atoms with Gasteiger partial charge in [0.1, 0.15) is 0 Å². The second kappa shape index (κ2) is 4.41. The third kappa shape index (κ3) is 2.94. The molecule has 1 atom stereocenters. The summed E-state index contributed by atoms with van der Waals surface area (Å²) in [6, 6.07) is -0.481. The van der Waals surface area contributed by atoms with Gasteiger partial charge in [0.15, 0.2) is 5.78 Å². The van der Waals surface area contributed by atoms with Gasteiger partial charge in [0.05, 0.1) is 6.04 Å². The van der Waals surface area contributed by atoms with Gasteiger partial charge < -0.3 is 10.8 Å². The molecule has 0 fully saturated rings. The molecule has 0 unspecified atom stereocenters. The topological polar surface area (TPSA) is 63.3 Å². The van der Waals surface area contributed by atoms with E-state index in [-0.39, 0.29) is 18.3 Å². The van der Waals surface area contributed by atoms with Crippen molar-refractivity contribution >= 4 is 5.78 Å². The highest BCUT2D eigenvalue weighted by atomic mass is 16.3. The number of hydrogen-bond donors (Lipinski definition) is 2. The number of rotatable bonds is 4. The maximum atomic E-state index is 11.0. The lowest BCUT2D eigenvalue weighted by Crippen LogP contribution is -2.34. The average molecular weight is 145 g/mol. The molecule has 0 aliphatic carbocycles. The smallest absolute Gasteiger partial charge is 0.152 e. The minimum absolute atomic E-state index is 0.0143. The zero-order valence-electron chi connectivity index (χ0n) is 6.50. The molecular weight excluding hydrogens is 130 g/mol. The van der Waals surface area contributed by atoms with Crippen molar-refractivity contribution in [2.45, 2.75) is 26.3 Å². The van der Waals surface area contributed by atoms with Gasteiger partial charge in [-0.15, -0.1) is 0 Å². The van der Waals surface area contributed by atoms with E-state index in [2.05, 4.69) is 0 Å². The van der Waals surface area contributed by atoms with Crippen LogP contribution in [0.2, 0.25) is 0 Å². The van der Waals surface area contributed by atoms with Gasteiger partial charge in [-0.1, -0.05) is 13.8 Å². The highest BCUT2D eigenvalue weighted by Crippen LogP contribution is 1.99. The molecule has 0 bridgehead atoms. The largest absolute Gasteiger partial charge is 0.396 e. The number of carbonyl (C=O) groups is 1. The van der Waals surface area contributed by atoms with Gasteiger partial charge in [-0.05, 0) is 6.42 Å². The molecule has 3 nitrogen and oxygen atoms in total. The van der Waals surface area contributed by atoms with E-state index in [9.17, 15) is 4.79 Å². The number of ketones is 1. The summed E-state index contributed by atoms with van der Waals surface area (Å²) in [6.45, 7) is 3.60. The van der Waals surface area contributed by atoms with E-state index in [0.29, 0.717) is 6.42 Å². The number of carbonyl (C=O) groups excluding carboxylic acids is 1. The van der Waals surface area contributed by atoms with E-state index in [1.807, 2.05) is 0 Å². The number of hydrogen-bond acceptors (Lipinski definition) is 3. The van der Waals surface area contributed by atoms with Crippen molar-refractivity contribution in [2.24, 2.45) is 11.7 Å². The molecule has 0 rings (SSSR count). The van der Waals surface area contributed by atoms with Crippen LogP contribution in [0.3, 0.4) is 0 Å². The predicted molar refractivity (Wildman–Crippen MR) is 39.5 cm³/mol. The summed E-state index contributed by atoms with van der Waals surface area (Å²) >= 11 is 0. The minimum Gasteiger partial charge on any atom is -0.396 e. The van der Waals surface area contributed by atoms with Crippen LogP contribution in [0, 0.1) is 5.92 Å². The van der Waals surface area contributed by atoms with Crippen molar-refractivity contribution < 1.29 is 9.90 Å². The number of aliphatic hydroxyl groups is 1. The highest BCUT2D eigenvalue weighted by molar-refractivity contribution is 5.85. The number of aliphatic hydroxyl groups excluding tert-OH is 1. The maximum absolute atomic E-state index is 11.0. The highest BCUT2D eigenvalue weighted by Gasteiger charge is 2.15. The summed E-state index contributed by atoms with van der Waals surface area (Å²) in [6.07, 6.45) is 0.372. The van der Waals surface area contributed by atoms with Crippen molar-refractivity contribution in [3.05, 3.63) is 0 Å². The number of Topliss-reactive ketones (excluding diaryl/α,β-unsaturated/α-hetero) is 1. The lowest BCUT2D eigenvalue weighted by molar-refractivity contribution is -0.123. The van der Waals surface area contributed by atoms with Crippen LogP contribution in [0.5, 0.6) is 0 Å². The summed E-state index contributed by atoms with van der Waals surface area (Å²) in [7, 11) is 0. The fourth-order valence-corrected chi connectivity index (χ4v) is 0.709. The Labute approximate surface area is 61.2 Å². The first-order valence-corrected chi connectivity index (χ1v) is 3.49. The van der Waals surface area contributed by atoms with E-state index in [4.69, 9.17) is 10.8 Å². The third-order valence-corrected chi connectivity index (χ3v) is 1.37. The Hall–Kier alpha value is -0.410. The number of nitrogens with two attached hydrogens (primary N) is 1. The van der Waals surface area contributed by atoms with Gasteiger partial charge in [-0.25, -0.2) is 0 Å². The summed E-state index contributed by atoms with van der Waals surface area (Å²) in [5.74, 6) is -0.00407. The van der Waals surface area contributed by atoms with Crippen LogP contribution in [0.4, 0.5) is 0 Å². The van der Waals surface area contributed by atoms with Crippen molar-refractivity contribution in [1.82, 2.24) is 0 Å². The van der Waals surface area contributed by atoms with Crippen LogP contribution in [-0.4, -0.2) is 23.5 Å². The van der Waals surface area contributed by atoms with Crippen LogP contribution < -0.4 is 5.73 Å². The molecule has 60 valence electrons. The summed E-state index contributed by atoms with van der Waals surface area (Å²) < 4.78 is 0. The Kier molecular flexibility index (Phi) is 4.23. The zero-order chi connectivity index (χ0) is 8.15. The predicted octanol–water partition coefficient (Wildman–Crippen LogP) is -0.0788. The van der Waals surface area contributed by atoms with Gasteiger partial charge in [0.2, 0.25) is 0 Å². The molecule has 0 aromatic carbocycles. The molecule has 0 saturated carbocycles. The Morgan fingerprint density at radius 1 is 1.60 bits per heavy atom. The molecule has 3 heteroatoms. The van der Waals surface area contributed by atoms with Crippen LogP contribution >= 0.6 is 0 Å². The SMILES string of the molecule is CC(C)C(=O)[C@H](N)CCO. The first-order valence-electron chi connectivity index (χ1n) is 3.49. The Morgan fingerprint density at radius 2 is 2.10 bits per heavy atom. The molecule has 0 amide bonds. The monoisotopic (exact) mass is 145 g/mol. The normalized spacial score (nSPS) is 13.7. The van der Waals surface area contributed by atoms with Crippen LogP contribution in [-0.2, 0) is 4.79 Å². The lowest BCUT2D eigenvalue weighted by atomic mass is 10.0. The van der Waals surface area contributed by atoms with Gasteiger partial charge in [-0.2, -0.15) is 0 Å². The van der Waals surface area contributed by atoms with Crippen LogP contribution in [0.25, 0.3) is 0 Å². The van der Waals surface area contributed by atoms with Crippen molar-refractivity contribution in [2.75, 3.05) is 6.61 Å². The summed E-state index contributed by atoms with van der Waals surface area (Å²) in [5.41, 5.74) is 5.42. The van der Waals surface area contributed by atoms with E-state index in [0.717, 1.165) is 0 Å². The molecule has 10 heavy (non-hydrogen) atoms. The first-order chi connectivity index (χ1) is 4.59. The maximum Gasteiger partial charge on any atom is 0.152 e. The fourth-order valence-electron chi connectivity index (χ4n) is 0.709. The molecule has 0 aliphatic heterocycles. The summed E-state index contributed by atoms with van der Waals surface area (Å²) in [5, 5.41) is 8.44. The van der Waals surface area contributed by atoms with Gasteiger partial charge >= 0.3 is 0 Å². The Balaban J connectivity index is 3.71. The fraction of sp³-hybridized carbons (Fsp3) is 0.857. The zero-order valence-corrected chi connectivity index (χ0v) is 6.50. The van der Waals surface area contributed by atoms with Gasteiger partial charge in [0.25, 0.3) is 0 Å². The summed E-state index contributed by atoms with van der Waals surface area (Å²) in [4.78, 5) is 11.0. The molecule has 3 N–H and O–H groups in total. The molecule has 0 aromatic rings. The molecule has 0 radical (unpaired) electrons.